The first kappa shape index (κ1) is 13.0. The Kier molecular flexibility index (Phi) is 3.82. The maximum absolute atomic E-state index is 10.5. The third kappa shape index (κ3) is 2.66. The van der Waals surface area contributed by atoms with Crippen LogP contribution in [0.15, 0.2) is 12.1 Å². The first-order chi connectivity index (χ1) is 9.25. The average Bonchev–Trinajstić information content (AvgIpc) is 2.47. The van der Waals surface area contributed by atoms with E-state index < -0.39 is 6.10 Å². The quantitative estimate of drug-likeness (QED) is 0.873. The second-order valence-electron chi connectivity index (χ2n) is 5.07. The summed E-state index contributed by atoms with van der Waals surface area (Å²) in [5.41, 5.74) is 0.736. The number of halogens is 1. The smallest absolute Gasteiger partial charge is 0.162 e. The predicted octanol–water partition coefficient (Wildman–Crippen LogP) is 2.14. The van der Waals surface area contributed by atoms with Crippen molar-refractivity contribution in [2.45, 2.75) is 18.9 Å². The van der Waals surface area contributed by atoms with Gasteiger partial charge < -0.3 is 19.9 Å². The van der Waals surface area contributed by atoms with E-state index in [1.165, 1.54) is 0 Å². The summed E-state index contributed by atoms with van der Waals surface area (Å²) in [4.78, 5) is 0. The highest BCUT2D eigenvalue weighted by molar-refractivity contribution is 6.31. The highest BCUT2D eigenvalue weighted by Gasteiger charge is 2.26. The number of hydrogen-bond donors (Lipinski definition) is 2. The van der Waals surface area contributed by atoms with Crippen LogP contribution < -0.4 is 14.8 Å². The molecule has 5 heteroatoms. The molecule has 1 saturated heterocycles. The maximum atomic E-state index is 10.5. The minimum Gasteiger partial charge on any atom is -0.486 e. The van der Waals surface area contributed by atoms with Crippen LogP contribution >= 0.6 is 11.6 Å². The van der Waals surface area contributed by atoms with Crippen LogP contribution in [-0.2, 0) is 0 Å². The molecule has 0 saturated carbocycles. The molecule has 0 aliphatic carbocycles. The van der Waals surface area contributed by atoms with Crippen molar-refractivity contribution in [3.05, 3.63) is 22.7 Å². The van der Waals surface area contributed by atoms with Crippen molar-refractivity contribution in [2.75, 3.05) is 26.3 Å². The minimum absolute atomic E-state index is 0.203. The largest absolute Gasteiger partial charge is 0.486 e. The zero-order valence-corrected chi connectivity index (χ0v) is 11.4. The van der Waals surface area contributed by atoms with Gasteiger partial charge in [-0.1, -0.05) is 11.6 Å². The van der Waals surface area contributed by atoms with Crippen LogP contribution in [0.25, 0.3) is 0 Å². The SMILES string of the molecule is OC(c1cc2c(cc1Cl)OCCO2)C1CCCNC1. The van der Waals surface area contributed by atoms with Crippen molar-refractivity contribution in [1.82, 2.24) is 5.32 Å². The van der Waals surface area contributed by atoms with Gasteiger partial charge in [-0.3, -0.25) is 0 Å². The Hall–Kier alpha value is -0.970. The van der Waals surface area contributed by atoms with Gasteiger partial charge in [0.2, 0.25) is 0 Å². The molecule has 2 N–H and O–H groups in total. The van der Waals surface area contributed by atoms with Crippen molar-refractivity contribution in [3.63, 3.8) is 0 Å². The van der Waals surface area contributed by atoms with E-state index in [2.05, 4.69) is 5.32 Å². The fraction of sp³-hybridized carbons (Fsp3) is 0.571. The third-order valence-electron chi connectivity index (χ3n) is 3.76. The lowest BCUT2D eigenvalue weighted by Crippen LogP contribution is -2.33. The summed E-state index contributed by atoms with van der Waals surface area (Å²) in [5, 5.41) is 14.4. The van der Waals surface area contributed by atoms with Crippen molar-refractivity contribution < 1.29 is 14.6 Å². The van der Waals surface area contributed by atoms with E-state index in [0.29, 0.717) is 29.7 Å². The first-order valence-electron chi connectivity index (χ1n) is 6.73. The topological polar surface area (TPSA) is 50.7 Å². The fourth-order valence-corrected chi connectivity index (χ4v) is 2.97. The zero-order valence-electron chi connectivity index (χ0n) is 10.7. The highest BCUT2D eigenvalue weighted by atomic mass is 35.5. The molecule has 1 fully saturated rings. The molecule has 3 rings (SSSR count). The number of nitrogens with one attached hydrogen (secondary N) is 1. The standard InChI is InChI=1S/C14H18ClNO3/c15-11-7-13-12(18-4-5-19-13)6-10(11)14(17)9-2-1-3-16-8-9/h6-7,9,14,16-17H,1-5,8H2. The number of hydrogen-bond acceptors (Lipinski definition) is 4. The normalized spacial score (nSPS) is 24.0. The Morgan fingerprint density at radius 1 is 1.26 bits per heavy atom. The molecule has 2 aliphatic heterocycles. The van der Waals surface area contributed by atoms with Crippen molar-refractivity contribution in [1.29, 1.82) is 0 Å². The number of ether oxygens (including phenoxy) is 2. The average molecular weight is 284 g/mol. The molecule has 2 atom stereocenters. The van der Waals surface area contributed by atoms with E-state index in [4.69, 9.17) is 21.1 Å². The third-order valence-corrected chi connectivity index (χ3v) is 4.09. The lowest BCUT2D eigenvalue weighted by atomic mass is 9.89. The Balaban J connectivity index is 1.86. The van der Waals surface area contributed by atoms with Crippen LogP contribution in [0.5, 0.6) is 11.5 Å². The molecule has 104 valence electrons. The van der Waals surface area contributed by atoms with Crippen LogP contribution in [-0.4, -0.2) is 31.4 Å². The van der Waals surface area contributed by atoms with E-state index in [1.54, 1.807) is 6.07 Å². The van der Waals surface area contributed by atoms with Crippen LogP contribution in [0.3, 0.4) is 0 Å². The second kappa shape index (κ2) is 5.57. The fourth-order valence-electron chi connectivity index (χ4n) is 2.71. The number of benzene rings is 1. The molecular weight excluding hydrogens is 266 g/mol. The monoisotopic (exact) mass is 283 g/mol. The van der Waals surface area contributed by atoms with Crippen molar-refractivity contribution in [3.8, 4) is 11.5 Å². The summed E-state index contributed by atoms with van der Waals surface area (Å²) < 4.78 is 11.0. The van der Waals surface area contributed by atoms with Gasteiger partial charge in [0.15, 0.2) is 11.5 Å². The number of aliphatic hydroxyl groups excluding tert-OH is 1. The van der Waals surface area contributed by atoms with Crippen LogP contribution in [0.4, 0.5) is 0 Å². The summed E-state index contributed by atoms with van der Waals surface area (Å²) in [7, 11) is 0. The lowest BCUT2D eigenvalue weighted by molar-refractivity contribution is 0.0913. The van der Waals surface area contributed by atoms with E-state index in [9.17, 15) is 5.11 Å². The van der Waals surface area contributed by atoms with Gasteiger partial charge in [0.1, 0.15) is 13.2 Å². The van der Waals surface area contributed by atoms with Crippen LogP contribution in [0.1, 0.15) is 24.5 Å². The lowest BCUT2D eigenvalue weighted by Gasteiger charge is -2.29. The molecule has 0 bridgehead atoms. The first-order valence-corrected chi connectivity index (χ1v) is 7.11. The molecule has 0 radical (unpaired) electrons. The maximum Gasteiger partial charge on any atom is 0.162 e. The second-order valence-corrected chi connectivity index (χ2v) is 5.48. The number of aliphatic hydroxyl groups is 1. The number of piperidine rings is 1. The summed E-state index contributed by atoms with van der Waals surface area (Å²) in [5.74, 6) is 1.54. The Labute approximate surface area is 117 Å². The van der Waals surface area contributed by atoms with Gasteiger partial charge in [0, 0.05) is 24.1 Å². The molecule has 2 heterocycles. The van der Waals surface area contributed by atoms with E-state index in [1.807, 2.05) is 6.07 Å². The van der Waals surface area contributed by atoms with Gasteiger partial charge in [0.25, 0.3) is 0 Å². The van der Waals surface area contributed by atoms with E-state index in [-0.39, 0.29) is 5.92 Å². The summed E-state index contributed by atoms with van der Waals surface area (Å²) in [6, 6.07) is 3.56. The van der Waals surface area contributed by atoms with E-state index >= 15 is 0 Å². The molecule has 0 spiro atoms. The van der Waals surface area contributed by atoms with Crippen LogP contribution in [0, 0.1) is 5.92 Å². The molecule has 4 nitrogen and oxygen atoms in total. The van der Waals surface area contributed by atoms with Gasteiger partial charge in [-0.25, -0.2) is 0 Å². The molecule has 1 aromatic rings. The number of fused-ring (bicyclic) bond motifs is 1. The minimum atomic E-state index is -0.559. The van der Waals surface area contributed by atoms with Gasteiger partial charge in [-0.05, 0) is 25.5 Å². The number of rotatable bonds is 2. The van der Waals surface area contributed by atoms with Gasteiger partial charge in [-0.15, -0.1) is 0 Å². The Bertz CT molecular complexity index is 460. The van der Waals surface area contributed by atoms with Gasteiger partial charge >= 0.3 is 0 Å². The summed E-state index contributed by atoms with van der Waals surface area (Å²) >= 11 is 6.26. The zero-order chi connectivity index (χ0) is 13.2. The molecule has 2 aliphatic rings. The Morgan fingerprint density at radius 2 is 2.00 bits per heavy atom. The van der Waals surface area contributed by atoms with E-state index in [0.717, 1.165) is 31.5 Å². The van der Waals surface area contributed by atoms with Gasteiger partial charge in [0.05, 0.1) is 11.1 Å². The van der Waals surface area contributed by atoms with Gasteiger partial charge in [-0.2, -0.15) is 0 Å². The summed E-state index contributed by atoms with van der Waals surface area (Å²) in [6.45, 7) is 2.93. The summed E-state index contributed by atoms with van der Waals surface area (Å²) in [6.07, 6.45) is 1.54. The molecular formula is C14H18ClNO3. The molecule has 2 unspecified atom stereocenters. The Morgan fingerprint density at radius 3 is 2.68 bits per heavy atom. The highest BCUT2D eigenvalue weighted by Crippen LogP contribution is 2.40. The predicted molar refractivity (Wildman–Crippen MR) is 73.0 cm³/mol. The van der Waals surface area contributed by atoms with Crippen LogP contribution in [0.2, 0.25) is 5.02 Å². The van der Waals surface area contributed by atoms with Crippen molar-refractivity contribution >= 4 is 11.6 Å². The molecule has 19 heavy (non-hydrogen) atoms. The van der Waals surface area contributed by atoms with Crippen molar-refractivity contribution in [2.24, 2.45) is 5.92 Å². The molecule has 0 amide bonds. The molecule has 1 aromatic carbocycles. The molecule has 0 aromatic heterocycles.